The third-order valence-electron chi connectivity index (χ3n) is 6.41. The average molecular weight is 466 g/mol. The first-order chi connectivity index (χ1) is 16.2. The Morgan fingerprint density at radius 2 is 1.82 bits per heavy atom. The van der Waals surface area contributed by atoms with Crippen LogP contribution >= 0.6 is 0 Å². The standard InChI is InChI=1S/C26H27NO7/c1-25(2)22(11-12-23(30)33-16-18(29)15-28)26(25,24(31)32)21(14-27)17-7-6-10-20(13-17)34-19-8-4-3-5-9-19/h3-13,18,21-22,28-29H,15-16H2,1-2H3,(H,31,32)/t18-,21?,22-,26+/m0/s1. The predicted molar refractivity (Wildman–Crippen MR) is 122 cm³/mol. The lowest BCUT2D eigenvalue weighted by Gasteiger charge is -2.22. The van der Waals surface area contributed by atoms with Crippen LogP contribution in [0.25, 0.3) is 0 Å². The van der Waals surface area contributed by atoms with Crippen molar-refractivity contribution < 1.29 is 34.4 Å². The van der Waals surface area contributed by atoms with Gasteiger partial charge in [-0.25, -0.2) is 4.79 Å². The van der Waals surface area contributed by atoms with Gasteiger partial charge in [-0.3, -0.25) is 4.79 Å². The molecule has 1 saturated carbocycles. The molecule has 0 saturated heterocycles. The zero-order valence-electron chi connectivity index (χ0n) is 18.9. The van der Waals surface area contributed by atoms with Crippen LogP contribution < -0.4 is 4.74 Å². The zero-order valence-corrected chi connectivity index (χ0v) is 18.9. The molecule has 0 radical (unpaired) electrons. The Hall–Kier alpha value is -3.67. The highest BCUT2D eigenvalue weighted by Gasteiger charge is 2.78. The first-order valence-corrected chi connectivity index (χ1v) is 10.8. The number of benzene rings is 2. The highest BCUT2D eigenvalue weighted by Crippen LogP contribution is 2.75. The van der Waals surface area contributed by atoms with Gasteiger partial charge in [-0.1, -0.05) is 50.3 Å². The molecule has 8 nitrogen and oxygen atoms in total. The van der Waals surface area contributed by atoms with Crippen LogP contribution in [0.1, 0.15) is 25.3 Å². The van der Waals surface area contributed by atoms with E-state index in [-0.39, 0.29) is 6.61 Å². The van der Waals surface area contributed by atoms with E-state index in [4.69, 9.17) is 14.6 Å². The van der Waals surface area contributed by atoms with Crippen LogP contribution in [-0.4, -0.2) is 46.6 Å². The van der Waals surface area contributed by atoms with Crippen molar-refractivity contribution in [1.29, 1.82) is 5.26 Å². The molecule has 4 atom stereocenters. The Morgan fingerprint density at radius 1 is 1.15 bits per heavy atom. The van der Waals surface area contributed by atoms with E-state index < -0.39 is 47.3 Å². The molecular formula is C26H27NO7. The average Bonchev–Trinajstić information content (AvgIpc) is 3.32. The first kappa shape index (κ1) is 25.0. The van der Waals surface area contributed by atoms with Crippen molar-refractivity contribution in [2.24, 2.45) is 16.7 Å². The van der Waals surface area contributed by atoms with E-state index >= 15 is 0 Å². The van der Waals surface area contributed by atoms with E-state index in [2.05, 4.69) is 6.07 Å². The summed E-state index contributed by atoms with van der Waals surface area (Å²) in [6, 6.07) is 18.0. The van der Waals surface area contributed by atoms with Gasteiger partial charge < -0.3 is 24.8 Å². The molecule has 0 amide bonds. The summed E-state index contributed by atoms with van der Waals surface area (Å²) in [6.45, 7) is 2.55. The molecule has 0 heterocycles. The second-order valence-electron chi connectivity index (χ2n) is 8.75. The van der Waals surface area contributed by atoms with E-state index in [9.17, 15) is 25.1 Å². The third-order valence-corrected chi connectivity index (χ3v) is 6.41. The number of hydrogen-bond donors (Lipinski definition) is 3. The molecule has 34 heavy (non-hydrogen) atoms. The number of ether oxygens (including phenoxy) is 2. The van der Waals surface area contributed by atoms with Crippen molar-refractivity contribution in [3.63, 3.8) is 0 Å². The summed E-state index contributed by atoms with van der Waals surface area (Å²) in [4.78, 5) is 24.5. The van der Waals surface area contributed by atoms with Crippen molar-refractivity contribution in [3.05, 3.63) is 72.3 Å². The smallest absolute Gasteiger partial charge is 0.330 e. The number of esters is 1. The minimum Gasteiger partial charge on any atom is -0.481 e. The highest BCUT2D eigenvalue weighted by atomic mass is 16.5. The molecule has 1 aliphatic rings. The number of hydrogen-bond acceptors (Lipinski definition) is 7. The van der Waals surface area contributed by atoms with Gasteiger partial charge in [-0.2, -0.15) is 5.26 Å². The summed E-state index contributed by atoms with van der Waals surface area (Å²) in [7, 11) is 0. The monoisotopic (exact) mass is 465 g/mol. The number of aliphatic hydroxyl groups is 2. The number of carbonyl (C=O) groups excluding carboxylic acids is 1. The fourth-order valence-corrected chi connectivity index (χ4v) is 4.59. The molecule has 0 spiro atoms. The summed E-state index contributed by atoms with van der Waals surface area (Å²) in [5.41, 5.74) is -1.82. The molecule has 0 bridgehead atoms. The maximum Gasteiger partial charge on any atom is 0.330 e. The quantitative estimate of drug-likeness (QED) is 0.359. The van der Waals surface area contributed by atoms with Crippen molar-refractivity contribution in [2.75, 3.05) is 13.2 Å². The van der Waals surface area contributed by atoms with Gasteiger partial charge in [0.2, 0.25) is 0 Å². The molecule has 0 aromatic heterocycles. The molecule has 3 N–H and O–H groups in total. The van der Waals surface area contributed by atoms with E-state index in [1.54, 1.807) is 50.2 Å². The molecule has 3 rings (SSSR count). The Balaban J connectivity index is 1.87. The topological polar surface area (TPSA) is 137 Å². The Kier molecular flexibility index (Phi) is 7.40. The van der Waals surface area contributed by atoms with Crippen LogP contribution in [0.5, 0.6) is 11.5 Å². The molecular weight excluding hydrogens is 438 g/mol. The lowest BCUT2D eigenvalue weighted by molar-refractivity contribution is -0.145. The van der Waals surface area contributed by atoms with Gasteiger partial charge in [0.1, 0.15) is 29.6 Å². The minimum absolute atomic E-state index is 0.382. The molecule has 2 aromatic carbocycles. The maximum atomic E-state index is 12.6. The van der Waals surface area contributed by atoms with Gasteiger partial charge in [-0.05, 0) is 35.2 Å². The lowest BCUT2D eigenvalue weighted by atomic mass is 9.78. The fraction of sp³-hybridized carbons (Fsp3) is 0.346. The van der Waals surface area contributed by atoms with Gasteiger partial charge in [-0.15, -0.1) is 0 Å². The van der Waals surface area contributed by atoms with E-state index in [1.807, 2.05) is 18.2 Å². The van der Waals surface area contributed by atoms with Gasteiger partial charge in [0.05, 0.1) is 18.6 Å². The lowest BCUT2D eigenvalue weighted by Crippen LogP contribution is -2.28. The number of aliphatic hydroxyl groups excluding tert-OH is 2. The minimum atomic E-state index is -1.48. The van der Waals surface area contributed by atoms with Gasteiger partial charge >= 0.3 is 11.9 Å². The third kappa shape index (κ3) is 4.67. The molecule has 178 valence electrons. The molecule has 8 heteroatoms. The summed E-state index contributed by atoms with van der Waals surface area (Å²) in [6.07, 6.45) is 1.35. The van der Waals surface area contributed by atoms with Crippen LogP contribution in [-0.2, 0) is 14.3 Å². The number of carboxylic acid groups (broad SMARTS) is 1. The summed E-state index contributed by atoms with van der Waals surface area (Å²) < 4.78 is 10.7. The van der Waals surface area contributed by atoms with Crippen molar-refractivity contribution in [1.82, 2.24) is 0 Å². The van der Waals surface area contributed by atoms with Crippen LogP contribution in [0.2, 0.25) is 0 Å². The predicted octanol–water partition coefficient (Wildman–Crippen LogP) is 3.27. The Morgan fingerprint density at radius 3 is 2.44 bits per heavy atom. The van der Waals surface area contributed by atoms with Crippen molar-refractivity contribution in [3.8, 4) is 17.6 Å². The molecule has 1 aliphatic carbocycles. The number of rotatable bonds is 10. The van der Waals surface area contributed by atoms with Crippen molar-refractivity contribution in [2.45, 2.75) is 25.9 Å². The van der Waals surface area contributed by atoms with E-state index in [1.165, 1.54) is 6.08 Å². The normalized spacial score (nSPS) is 22.4. The van der Waals surface area contributed by atoms with Crippen LogP contribution in [0, 0.1) is 28.1 Å². The summed E-state index contributed by atoms with van der Waals surface area (Å²) in [5, 5.41) is 38.4. The van der Waals surface area contributed by atoms with E-state index in [0.717, 1.165) is 6.08 Å². The number of para-hydroxylation sites is 1. The molecule has 0 aliphatic heterocycles. The fourth-order valence-electron chi connectivity index (χ4n) is 4.59. The summed E-state index contributed by atoms with van der Waals surface area (Å²) in [5.74, 6) is -2.48. The van der Waals surface area contributed by atoms with Gasteiger partial charge in [0.15, 0.2) is 0 Å². The Labute approximate surface area is 197 Å². The maximum absolute atomic E-state index is 12.6. The number of carboxylic acids is 1. The second-order valence-corrected chi connectivity index (χ2v) is 8.75. The first-order valence-electron chi connectivity index (χ1n) is 10.8. The second kappa shape index (κ2) is 10.1. The molecule has 1 fully saturated rings. The Bertz CT molecular complexity index is 1110. The summed E-state index contributed by atoms with van der Waals surface area (Å²) >= 11 is 0. The van der Waals surface area contributed by atoms with Crippen molar-refractivity contribution >= 4 is 11.9 Å². The molecule has 2 aromatic rings. The van der Waals surface area contributed by atoms with Gasteiger partial charge in [0, 0.05) is 12.0 Å². The highest BCUT2D eigenvalue weighted by molar-refractivity contribution is 5.86. The zero-order chi connectivity index (χ0) is 24.9. The van der Waals surface area contributed by atoms with Crippen LogP contribution in [0.3, 0.4) is 0 Å². The largest absolute Gasteiger partial charge is 0.481 e. The molecule has 1 unspecified atom stereocenters. The van der Waals surface area contributed by atoms with Crippen LogP contribution in [0.4, 0.5) is 0 Å². The number of aliphatic carboxylic acids is 1. The SMILES string of the molecule is CC1(C)[C@H](C=CC(=O)OC[C@@H](O)CO)[C@@]1(C(=O)O)C(C#N)c1cccc(Oc2ccccc2)c1. The van der Waals surface area contributed by atoms with E-state index in [0.29, 0.717) is 17.1 Å². The van der Waals surface area contributed by atoms with Crippen LogP contribution in [0.15, 0.2) is 66.7 Å². The number of allylic oxidation sites excluding steroid dienone is 1. The van der Waals surface area contributed by atoms with Gasteiger partial charge in [0.25, 0.3) is 0 Å². The number of nitrogens with zero attached hydrogens (tertiary/aromatic N) is 1. The number of carbonyl (C=O) groups is 2. The number of nitriles is 1.